The highest BCUT2D eigenvalue weighted by Crippen LogP contribution is 2.17. The topological polar surface area (TPSA) is 59.0 Å². The molecule has 18 heavy (non-hydrogen) atoms. The Kier molecular flexibility index (Phi) is 4.75. The van der Waals surface area contributed by atoms with E-state index in [0.717, 1.165) is 31.6 Å². The minimum atomic E-state index is 0.0919. The Balaban J connectivity index is 1.77. The molecule has 1 aliphatic carbocycles. The summed E-state index contributed by atoms with van der Waals surface area (Å²) in [4.78, 5) is 16.1. The molecule has 0 bridgehead atoms. The van der Waals surface area contributed by atoms with Crippen LogP contribution in [0.25, 0.3) is 0 Å². The van der Waals surface area contributed by atoms with Crippen molar-refractivity contribution in [3.05, 3.63) is 18.2 Å². The predicted octanol–water partition coefficient (Wildman–Crippen LogP) is 1.05. The van der Waals surface area contributed by atoms with E-state index in [1.54, 1.807) is 6.33 Å². The van der Waals surface area contributed by atoms with Crippen molar-refractivity contribution >= 4 is 5.91 Å². The molecule has 1 aromatic rings. The first-order valence-corrected chi connectivity index (χ1v) is 6.78. The van der Waals surface area contributed by atoms with Crippen LogP contribution >= 0.6 is 0 Å². The average Bonchev–Trinajstić information content (AvgIpc) is 2.98. The van der Waals surface area contributed by atoms with Gasteiger partial charge < -0.3 is 15.2 Å². The Labute approximate surface area is 108 Å². The average molecular weight is 250 g/mol. The molecule has 1 aliphatic rings. The number of carbonyl (C=O) groups is 1. The van der Waals surface area contributed by atoms with Crippen LogP contribution in [0.5, 0.6) is 0 Å². The summed E-state index contributed by atoms with van der Waals surface area (Å²) in [6.07, 6.45) is 8.38. The van der Waals surface area contributed by atoms with Crippen LogP contribution < -0.4 is 10.6 Å². The number of aromatic nitrogens is 2. The van der Waals surface area contributed by atoms with Crippen molar-refractivity contribution in [2.45, 2.75) is 51.7 Å². The number of nitrogens with one attached hydrogen (secondary N) is 2. The van der Waals surface area contributed by atoms with Gasteiger partial charge in [-0.2, -0.15) is 0 Å². The SMILES string of the molecule is CCNCc1cn(CC(=O)NC2CCCC2)cn1. The van der Waals surface area contributed by atoms with Gasteiger partial charge in [-0.05, 0) is 19.4 Å². The highest BCUT2D eigenvalue weighted by atomic mass is 16.2. The lowest BCUT2D eigenvalue weighted by molar-refractivity contribution is -0.122. The van der Waals surface area contributed by atoms with Crippen LogP contribution in [-0.2, 0) is 17.9 Å². The molecule has 1 amide bonds. The Morgan fingerprint density at radius 1 is 1.50 bits per heavy atom. The van der Waals surface area contributed by atoms with E-state index < -0.39 is 0 Å². The van der Waals surface area contributed by atoms with E-state index in [2.05, 4.69) is 22.5 Å². The zero-order valence-electron chi connectivity index (χ0n) is 11.0. The molecule has 100 valence electrons. The third-order valence-electron chi connectivity index (χ3n) is 3.29. The van der Waals surface area contributed by atoms with Crippen LogP contribution in [-0.4, -0.2) is 28.0 Å². The smallest absolute Gasteiger partial charge is 0.240 e. The van der Waals surface area contributed by atoms with E-state index in [0.29, 0.717) is 12.6 Å². The van der Waals surface area contributed by atoms with E-state index in [-0.39, 0.29) is 5.91 Å². The largest absolute Gasteiger partial charge is 0.352 e. The summed E-state index contributed by atoms with van der Waals surface area (Å²) in [6.45, 7) is 4.12. The van der Waals surface area contributed by atoms with Gasteiger partial charge in [-0.1, -0.05) is 19.8 Å². The second kappa shape index (κ2) is 6.54. The first-order chi connectivity index (χ1) is 8.78. The molecule has 1 heterocycles. The fourth-order valence-corrected chi connectivity index (χ4v) is 2.35. The van der Waals surface area contributed by atoms with Gasteiger partial charge in [-0.3, -0.25) is 4.79 Å². The number of rotatable bonds is 6. The van der Waals surface area contributed by atoms with Gasteiger partial charge in [0.15, 0.2) is 0 Å². The molecule has 0 radical (unpaired) electrons. The van der Waals surface area contributed by atoms with Gasteiger partial charge in [-0.25, -0.2) is 4.98 Å². The van der Waals surface area contributed by atoms with Gasteiger partial charge >= 0.3 is 0 Å². The number of amides is 1. The lowest BCUT2D eigenvalue weighted by Gasteiger charge is -2.11. The van der Waals surface area contributed by atoms with Crippen molar-refractivity contribution in [3.63, 3.8) is 0 Å². The molecule has 0 saturated heterocycles. The molecule has 0 unspecified atom stereocenters. The van der Waals surface area contributed by atoms with Crippen molar-refractivity contribution in [2.75, 3.05) is 6.54 Å². The van der Waals surface area contributed by atoms with Crippen molar-refractivity contribution < 1.29 is 4.79 Å². The summed E-state index contributed by atoms with van der Waals surface area (Å²) in [7, 11) is 0. The van der Waals surface area contributed by atoms with E-state index in [1.807, 2.05) is 10.8 Å². The van der Waals surface area contributed by atoms with Gasteiger partial charge in [0.2, 0.25) is 5.91 Å². The van der Waals surface area contributed by atoms with Crippen molar-refractivity contribution in [1.29, 1.82) is 0 Å². The monoisotopic (exact) mass is 250 g/mol. The van der Waals surface area contributed by atoms with Crippen molar-refractivity contribution in [2.24, 2.45) is 0 Å². The summed E-state index contributed by atoms with van der Waals surface area (Å²) in [5.74, 6) is 0.0919. The predicted molar refractivity (Wildman–Crippen MR) is 70.0 cm³/mol. The number of hydrogen-bond acceptors (Lipinski definition) is 3. The molecule has 1 aromatic heterocycles. The van der Waals surface area contributed by atoms with Crippen LogP contribution in [0.2, 0.25) is 0 Å². The number of hydrogen-bond donors (Lipinski definition) is 2. The Bertz CT molecular complexity index is 382. The van der Waals surface area contributed by atoms with Gasteiger partial charge in [0, 0.05) is 18.8 Å². The van der Waals surface area contributed by atoms with Crippen LogP contribution in [0.3, 0.4) is 0 Å². The fourth-order valence-electron chi connectivity index (χ4n) is 2.35. The number of carbonyl (C=O) groups excluding carboxylic acids is 1. The van der Waals surface area contributed by atoms with E-state index in [4.69, 9.17) is 0 Å². The first-order valence-electron chi connectivity index (χ1n) is 6.78. The van der Waals surface area contributed by atoms with Gasteiger partial charge in [0.1, 0.15) is 6.54 Å². The summed E-state index contributed by atoms with van der Waals surface area (Å²) in [5.41, 5.74) is 0.977. The van der Waals surface area contributed by atoms with Gasteiger partial charge in [0.05, 0.1) is 12.0 Å². The van der Waals surface area contributed by atoms with E-state index in [9.17, 15) is 4.79 Å². The molecule has 5 heteroatoms. The maximum absolute atomic E-state index is 11.8. The molecular weight excluding hydrogens is 228 g/mol. The lowest BCUT2D eigenvalue weighted by atomic mass is 10.2. The zero-order chi connectivity index (χ0) is 12.8. The molecule has 1 fully saturated rings. The minimum Gasteiger partial charge on any atom is -0.352 e. The maximum Gasteiger partial charge on any atom is 0.240 e. The highest BCUT2D eigenvalue weighted by Gasteiger charge is 2.17. The Morgan fingerprint density at radius 2 is 2.28 bits per heavy atom. The summed E-state index contributed by atoms with van der Waals surface area (Å²) < 4.78 is 1.84. The molecule has 0 spiro atoms. The Hall–Kier alpha value is -1.36. The highest BCUT2D eigenvalue weighted by molar-refractivity contribution is 5.76. The summed E-state index contributed by atoms with van der Waals surface area (Å²) in [6, 6.07) is 0.391. The standard InChI is InChI=1S/C13H22N4O/c1-2-14-7-12-8-17(10-15-12)9-13(18)16-11-5-3-4-6-11/h8,10-11,14H,2-7,9H2,1H3,(H,16,18). The number of imidazole rings is 1. The summed E-state index contributed by atoms with van der Waals surface area (Å²) in [5, 5.41) is 6.29. The van der Waals surface area contributed by atoms with Crippen molar-refractivity contribution in [3.8, 4) is 0 Å². The Morgan fingerprint density at radius 3 is 3.00 bits per heavy atom. The summed E-state index contributed by atoms with van der Waals surface area (Å²) >= 11 is 0. The second-order valence-electron chi connectivity index (χ2n) is 4.87. The third-order valence-corrected chi connectivity index (χ3v) is 3.29. The van der Waals surface area contributed by atoms with Crippen LogP contribution in [0.1, 0.15) is 38.3 Å². The van der Waals surface area contributed by atoms with E-state index >= 15 is 0 Å². The van der Waals surface area contributed by atoms with E-state index in [1.165, 1.54) is 12.8 Å². The molecular formula is C13H22N4O. The normalized spacial score (nSPS) is 16.1. The van der Waals surface area contributed by atoms with Crippen LogP contribution in [0.4, 0.5) is 0 Å². The molecule has 0 aliphatic heterocycles. The second-order valence-corrected chi connectivity index (χ2v) is 4.87. The first kappa shape index (κ1) is 13.1. The molecule has 0 aromatic carbocycles. The molecule has 5 nitrogen and oxygen atoms in total. The van der Waals surface area contributed by atoms with Crippen LogP contribution in [0, 0.1) is 0 Å². The minimum absolute atomic E-state index is 0.0919. The zero-order valence-corrected chi connectivity index (χ0v) is 11.0. The maximum atomic E-state index is 11.8. The third kappa shape index (κ3) is 3.84. The molecule has 2 N–H and O–H groups in total. The fraction of sp³-hybridized carbons (Fsp3) is 0.692. The number of nitrogens with zero attached hydrogens (tertiary/aromatic N) is 2. The van der Waals surface area contributed by atoms with Crippen molar-refractivity contribution in [1.82, 2.24) is 20.2 Å². The quantitative estimate of drug-likeness (QED) is 0.793. The molecule has 2 rings (SSSR count). The van der Waals surface area contributed by atoms with Gasteiger partial charge in [-0.15, -0.1) is 0 Å². The van der Waals surface area contributed by atoms with Crippen LogP contribution in [0.15, 0.2) is 12.5 Å². The molecule has 0 atom stereocenters. The lowest BCUT2D eigenvalue weighted by Crippen LogP contribution is -2.34. The van der Waals surface area contributed by atoms with Gasteiger partial charge in [0.25, 0.3) is 0 Å². The molecule has 1 saturated carbocycles.